The van der Waals surface area contributed by atoms with Crippen molar-refractivity contribution in [3.05, 3.63) is 12.4 Å². The van der Waals surface area contributed by atoms with Crippen molar-refractivity contribution in [2.75, 3.05) is 31.7 Å². The lowest BCUT2D eigenvalue weighted by molar-refractivity contribution is -0.120. The van der Waals surface area contributed by atoms with Crippen LogP contribution in [-0.4, -0.2) is 54.2 Å². The molecule has 7 nitrogen and oxygen atoms in total. The smallest absolute Gasteiger partial charge is 0.243 e. The first kappa shape index (κ1) is 13.5. The minimum atomic E-state index is -0.287. The fourth-order valence-corrected chi connectivity index (χ4v) is 2.49. The van der Waals surface area contributed by atoms with Gasteiger partial charge in [0.2, 0.25) is 5.91 Å². The van der Waals surface area contributed by atoms with E-state index >= 15 is 0 Å². The largest absolute Gasteiger partial charge is 0.378 e. The molecule has 0 spiro atoms. The van der Waals surface area contributed by atoms with E-state index in [0.717, 1.165) is 26.0 Å². The van der Waals surface area contributed by atoms with Crippen molar-refractivity contribution in [2.45, 2.75) is 31.5 Å². The zero-order valence-corrected chi connectivity index (χ0v) is 11.4. The fraction of sp³-hybridized carbons (Fsp3) is 0.692. The number of rotatable bonds is 4. The summed E-state index contributed by atoms with van der Waals surface area (Å²) in [5.74, 6) is -0.0821. The third kappa shape index (κ3) is 3.36. The van der Waals surface area contributed by atoms with Crippen molar-refractivity contribution in [1.29, 1.82) is 0 Å². The van der Waals surface area contributed by atoms with E-state index in [4.69, 9.17) is 9.47 Å². The predicted octanol–water partition coefficient (Wildman–Crippen LogP) is -0.0110. The number of nitrogens with zero attached hydrogens (tertiary/aromatic N) is 2. The Morgan fingerprint density at radius 3 is 3.25 bits per heavy atom. The summed E-state index contributed by atoms with van der Waals surface area (Å²) in [5, 5.41) is 10.2. The Balaban J connectivity index is 1.52. The molecule has 1 aromatic heterocycles. The van der Waals surface area contributed by atoms with Gasteiger partial charge in [-0.1, -0.05) is 0 Å². The van der Waals surface area contributed by atoms with Crippen molar-refractivity contribution in [1.82, 2.24) is 15.1 Å². The summed E-state index contributed by atoms with van der Waals surface area (Å²) in [6.07, 6.45) is 5.93. The van der Waals surface area contributed by atoms with Crippen LogP contribution in [0.15, 0.2) is 12.4 Å². The van der Waals surface area contributed by atoms with E-state index in [0.29, 0.717) is 25.4 Å². The zero-order valence-electron chi connectivity index (χ0n) is 11.4. The molecule has 2 atom stereocenters. The van der Waals surface area contributed by atoms with Crippen LogP contribution in [0.5, 0.6) is 0 Å². The molecule has 0 aliphatic carbocycles. The van der Waals surface area contributed by atoms with Crippen LogP contribution in [0.2, 0.25) is 0 Å². The van der Waals surface area contributed by atoms with Crippen LogP contribution in [0.1, 0.15) is 12.8 Å². The maximum absolute atomic E-state index is 12.0. The third-order valence-electron chi connectivity index (χ3n) is 3.55. The number of ether oxygens (including phenoxy) is 2. The summed E-state index contributed by atoms with van der Waals surface area (Å²) in [4.78, 5) is 12.0. The number of carbonyl (C=O) groups is 1. The Kier molecular flexibility index (Phi) is 4.29. The molecule has 1 aromatic rings. The maximum Gasteiger partial charge on any atom is 0.243 e. The van der Waals surface area contributed by atoms with Gasteiger partial charge in [-0.2, -0.15) is 5.10 Å². The molecule has 2 aliphatic rings. The topological polar surface area (TPSA) is 77.4 Å². The monoisotopic (exact) mass is 280 g/mol. The van der Waals surface area contributed by atoms with Crippen LogP contribution >= 0.6 is 0 Å². The van der Waals surface area contributed by atoms with E-state index in [1.54, 1.807) is 6.20 Å². The molecule has 7 heteroatoms. The average molecular weight is 280 g/mol. The van der Waals surface area contributed by atoms with Gasteiger partial charge < -0.3 is 20.1 Å². The molecule has 2 aliphatic heterocycles. The molecule has 0 saturated carbocycles. The van der Waals surface area contributed by atoms with Gasteiger partial charge in [-0.15, -0.1) is 0 Å². The summed E-state index contributed by atoms with van der Waals surface area (Å²) in [6, 6.07) is -0.287. The van der Waals surface area contributed by atoms with Crippen LogP contribution in [0, 0.1) is 0 Å². The summed E-state index contributed by atoms with van der Waals surface area (Å²) in [6.45, 7) is 3.35. The van der Waals surface area contributed by atoms with Gasteiger partial charge in [0.05, 0.1) is 37.7 Å². The maximum atomic E-state index is 12.0. The molecule has 3 heterocycles. The molecular formula is C13H20N4O3. The lowest BCUT2D eigenvalue weighted by Crippen LogP contribution is -2.48. The van der Waals surface area contributed by atoms with Crippen molar-refractivity contribution in [3.63, 3.8) is 0 Å². The summed E-state index contributed by atoms with van der Waals surface area (Å²) in [7, 11) is 0. The number of morpholine rings is 1. The Bertz CT molecular complexity index is 450. The van der Waals surface area contributed by atoms with Gasteiger partial charge in [-0.3, -0.25) is 9.48 Å². The Labute approximate surface area is 117 Å². The first-order valence-electron chi connectivity index (χ1n) is 7.07. The van der Waals surface area contributed by atoms with Gasteiger partial charge in [-0.05, 0) is 12.8 Å². The number of carbonyl (C=O) groups excluding carboxylic acids is 1. The second-order valence-electron chi connectivity index (χ2n) is 5.16. The number of aromatic nitrogens is 2. The van der Waals surface area contributed by atoms with Crippen LogP contribution < -0.4 is 10.6 Å². The molecule has 0 radical (unpaired) electrons. The van der Waals surface area contributed by atoms with Gasteiger partial charge in [0.1, 0.15) is 6.04 Å². The number of hydrogen-bond donors (Lipinski definition) is 2. The second kappa shape index (κ2) is 6.34. The Morgan fingerprint density at radius 1 is 1.55 bits per heavy atom. The lowest BCUT2D eigenvalue weighted by Gasteiger charge is -2.22. The molecule has 110 valence electrons. The SMILES string of the molecule is O=C(Nc1cnn(CC2CCCO2)c1)C1COCCN1. The van der Waals surface area contributed by atoms with E-state index in [-0.39, 0.29) is 18.1 Å². The highest BCUT2D eigenvalue weighted by Gasteiger charge is 2.22. The van der Waals surface area contributed by atoms with Crippen molar-refractivity contribution in [2.24, 2.45) is 0 Å². The summed E-state index contributed by atoms with van der Waals surface area (Å²) < 4.78 is 12.7. The van der Waals surface area contributed by atoms with Crippen molar-refractivity contribution >= 4 is 11.6 Å². The summed E-state index contributed by atoms with van der Waals surface area (Å²) >= 11 is 0. The van der Waals surface area contributed by atoms with Gasteiger partial charge in [0.15, 0.2) is 0 Å². The number of amides is 1. The molecule has 1 amide bonds. The van der Waals surface area contributed by atoms with Crippen LogP contribution in [0.4, 0.5) is 5.69 Å². The lowest BCUT2D eigenvalue weighted by atomic mass is 10.2. The molecule has 2 fully saturated rings. The molecule has 2 unspecified atom stereocenters. The number of anilines is 1. The van der Waals surface area contributed by atoms with Gasteiger partial charge >= 0.3 is 0 Å². The fourth-order valence-electron chi connectivity index (χ4n) is 2.49. The first-order valence-corrected chi connectivity index (χ1v) is 7.07. The highest BCUT2D eigenvalue weighted by Crippen LogP contribution is 2.15. The Hall–Kier alpha value is -1.44. The highest BCUT2D eigenvalue weighted by molar-refractivity contribution is 5.94. The van der Waals surface area contributed by atoms with Crippen LogP contribution in [0.3, 0.4) is 0 Å². The molecule has 2 N–H and O–H groups in total. The quantitative estimate of drug-likeness (QED) is 0.811. The standard InChI is InChI=1S/C13H20N4O3/c18-13(12-9-19-5-3-14-12)16-10-6-15-17(7-10)8-11-2-1-4-20-11/h6-7,11-12,14H,1-5,8-9H2,(H,16,18). The zero-order chi connectivity index (χ0) is 13.8. The van der Waals surface area contributed by atoms with Gasteiger partial charge in [-0.25, -0.2) is 0 Å². The Morgan fingerprint density at radius 2 is 2.50 bits per heavy atom. The van der Waals surface area contributed by atoms with Crippen molar-refractivity contribution < 1.29 is 14.3 Å². The van der Waals surface area contributed by atoms with Crippen LogP contribution in [0.25, 0.3) is 0 Å². The number of hydrogen-bond acceptors (Lipinski definition) is 5. The molecule has 20 heavy (non-hydrogen) atoms. The number of nitrogens with one attached hydrogen (secondary N) is 2. The average Bonchev–Trinajstić information content (AvgIpc) is 3.12. The van der Waals surface area contributed by atoms with E-state index < -0.39 is 0 Å². The third-order valence-corrected chi connectivity index (χ3v) is 3.55. The van der Waals surface area contributed by atoms with E-state index in [9.17, 15) is 4.79 Å². The second-order valence-corrected chi connectivity index (χ2v) is 5.16. The van der Waals surface area contributed by atoms with Crippen LogP contribution in [-0.2, 0) is 20.8 Å². The minimum Gasteiger partial charge on any atom is -0.378 e. The van der Waals surface area contributed by atoms with Crippen molar-refractivity contribution in [3.8, 4) is 0 Å². The molecule has 3 rings (SSSR count). The molecular weight excluding hydrogens is 260 g/mol. The van der Waals surface area contributed by atoms with Gasteiger partial charge in [0.25, 0.3) is 0 Å². The highest BCUT2D eigenvalue weighted by atomic mass is 16.5. The van der Waals surface area contributed by atoms with E-state index in [1.165, 1.54) is 0 Å². The first-order chi connectivity index (χ1) is 9.81. The summed E-state index contributed by atoms with van der Waals surface area (Å²) in [5.41, 5.74) is 0.709. The minimum absolute atomic E-state index is 0.0821. The molecule has 0 aromatic carbocycles. The molecule has 0 bridgehead atoms. The predicted molar refractivity (Wildman–Crippen MR) is 72.4 cm³/mol. The normalized spacial score (nSPS) is 26.6. The van der Waals surface area contributed by atoms with E-state index in [2.05, 4.69) is 15.7 Å². The van der Waals surface area contributed by atoms with Gasteiger partial charge in [0, 0.05) is 19.3 Å². The van der Waals surface area contributed by atoms with E-state index in [1.807, 2.05) is 10.9 Å². The molecule has 2 saturated heterocycles.